The fourth-order valence-corrected chi connectivity index (χ4v) is 3.47. The number of ketones is 1. The van der Waals surface area contributed by atoms with E-state index in [4.69, 9.17) is 4.74 Å². The zero-order valence-corrected chi connectivity index (χ0v) is 17.1. The zero-order valence-electron chi connectivity index (χ0n) is 17.1. The normalized spacial score (nSPS) is 13.9. The van der Waals surface area contributed by atoms with Gasteiger partial charge in [-0.15, -0.1) is 10.2 Å². The quantitative estimate of drug-likeness (QED) is 0.570. The van der Waals surface area contributed by atoms with Crippen LogP contribution < -0.4 is 4.74 Å². The zero-order chi connectivity index (χ0) is 20.1. The highest BCUT2D eigenvalue weighted by molar-refractivity contribution is 5.78. The van der Waals surface area contributed by atoms with E-state index >= 15 is 0 Å². The van der Waals surface area contributed by atoms with Crippen LogP contribution in [0.15, 0.2) is 18.2 Å². The van der Waals surface area contributed by atoms with Crippen LogP contribution in [0.3, 0.4) is 0 Å². The van der Waals surface area contributed by atoms with Gasteiger partial charge in [0.05, 0.1) is 7.11 Å². The number of nitrogens with zero attached hydrogens (tertiary/aromatic N) is 3. The molecule has 28 heavy (non-hydrogen) atoms. The SMILES string of the molecule is COc1ccc(F)cc1CCC(=O)CCc1nnc(CCC(C)C)n1C1CC1. The molecule has 1 aliphatic rings. The average molecular weight is 387 g/mol. The van der Waals surface area contributed by atoms with Crippen molar-refractivity contribution < 1.29 is 13.9 Å². The lowest BCUT2D eigenvalue weighted by Crippen LogP contribution is -2.10. The molecule has 0 aliphatic heterocycles. The van der Waals surface area contributed by atoms with Gasteiger partial charge in [-0.25, -0.2) is 4.39 Å². The van der Waals surface area contributed by atoms with Gasteiger partial charge >= 0.3 is 0 Å². The van der Waals surface area contributed by atoms with Crippen LogP contribution in [-0.2, 0) is 24.1 Å². The van der Waals surface area contributed by atoms with Crippen LogP contribution in [0.1, 0.15) is 69.2 Å². The number of hydrogen-bond donors (Lipinski definition) is 0. The van der Waals surface area contributed by atoms with Crippen molar-refractivity contribution in [1.29, 1.82) is 0 Å². The monoisotopic (exact) mass is 387 g/mol. The molecule has 1 aliphatic carbocycles. The summed E-state index contributed by atoms with van der Waals surface area (Å²) in [4.78, 5) is 12.4. The summed E-state index contributed by atoms with van der Waals surface area (Å²) in [5, 5.41) is 8.77. The van der Waals surface area contributed by atoms with Crippen LogP contribution in [0.2, 0.25) is 0 Å². The molecule has 152 valence electrons. The van der Waals surface area contributed by atoms with Gasteiger partial charge in [0.25, 0.3) is 0 Å². The van der Waals surface area contributed by atoms with E-state index in [1.165, 1.54) is 25.0 Å². The molecule has 0 atom stereocenters. The second-order valence-electron chi connectivity index (χ2n) is 8.06. The summed E-state index contributed by atoms with van der Waals surface area (Å²) in [6, 6.07) is 4.92. The molecule has 0 amide bonds. The summed E-state index contributed by atoms with van der Waals surface area (Å²) in [7, 11) is 1.56. The van der Waals surface area contributed by atoms with Crippen LogP contribution in [0.4, 0.5) is 4.39 Å². The van der Waals surface area contributed by atoms with Gasteiger partial charge in [0, 0.05) is 31.7 Å². The second-order valence-corrected chi connectivity index (χ2v) is 8.06. The number of hydrogen-bond acceptors (Lipinski definition) is 4. The maximum Gasteiger partial charge on any atom is 0.133 e. The van der Waals surface area contributed by atoms with Crippen molar-refractivity contribution in [3.8, 4) is 5.75 Å². The van der Waals surface area contributed by atoms with Crippen molar-refractivity contribution in [3.05, 3.63) is 41.2 Å². The number of rotatable bonds is 11. The molecular weight excluding hydrogens is 357 g/mol. The Bertz CT molecular complexity index is 812. The minimum atomic E-state index is -0.310. The first-order chi connectivity index (χ1) is 13.5. The Balaban J connectivity index is 1.55. The number of aromatic nitrogens is 3. The number of benzene rings is 1. The lowest BCUT2D eigenvalue weighted by Gasteiger charge is -2.10. The summed E-state index contributed by atoms with van der Waals surface area (Å²) in [5.74, 6) is 3.09. The third kappa shape index (κ3) is 5.40. The largest absolute Gasteiger partial charge is 0.496 e. The molecule has 6 heteroatoms. The Morgan fingerprint density at radius 3 is 2.50 bits per heavy atom. The van der Waals surface area contributed by atoms with Gasteiger partial charge in [0.2, 0.25) is 0 Å². The fraction of sp³-hybridized carbons (Fsp3) is 0.591. The molecule has 1 fully saturated rings. The molecule has 0 spiro atoms. The average Bonchev–Trinajstić information content (AvgIpc) is 3.43. The van der Waals surface area contributed by atoms with Crippen molar-refractivity contribution in [1.82, 2.24) is 14.8 Å². The van der Waals surface area contributed by atoms with E-state index in [2.05, 4.69) is 28.6 Å². The summed E-state index contributed by atoms with van der Waals surface area (Å²) >= 11 is 0. The number of Topliss-reactive ketones (excluding diaryl/α,β-unsaturated/α-hetero) is 1. The third-order valence-electron chi connectivity index (χ3n) is 5.24. The Morgan fingerprint density at radius 1 is 1.18 bits per heavy atom. The lowest BCUT2D eigenvalue weighted by atomic mass is 10.0. The van der Waals surface area contributed by atoms with Crippen molar-refractivity contribution in [2.24, 2.45) is 5.92 Å². The van der Waals surface area contributed by atoms with Gasteiger partial charge in [-0.05, 0) is 55.4 Å². The van der Waals surface area contributed by atoms with E-state index < -0.39 is 0 Å². The number of aryl methyl sites for hydroxylation is 3. The van der Waals surface area contributed by atoms with E-state index in [0.29, 0.717) is 43.4 Å². The molecule has 0 radical (unpaired) electrons. The molecule has 3 rings (SSSR count). The lowest BCUT2D eigenvalue weighted by molar-refractivity contribution is -0.119. The van der Waals surface area contributed by atoms with Crippen LogP contribution in [0, 0.1) is 11.7 Å². The van der Waals surface area contributed by atoms with Crippen molar-refractivity contribution in [2.45, 2.75) is 71.3 Å². The smallest absolute Gasteiger partial charge is 0.133 e. The number of ether oxygens (including phenoxy) is 1. The maximum atomic E-state index is 13.5. The van der Waals surface area contributed by atoms with E-state index in [1.54, 1.807) is 13.2 Å². The Labute approximate surface area is 166 Å². The summed E-state index contributed by atoms with van der Waals surface area (Å²) in [6.07, 6.45) is 6.29. The molecule has 0 N–H and O–H groups in total. The standard InChI is InChI=1S/C22H30FN3O2/c1-15(2)4-12-21-24-25-22(26(21)18-7-8-18)13-10-19(27)9-5-16-14-17(23)6-11-20(16)28-3/h6,11,14-15,18H,4-5,7-10,12-13H2,1-3H3. The van der Waals surface area contributed by atoms with Crippen LogP contribution in [0.25, 0.3) is 0 Å². The highest BCUT2D eigenvalue weighted by Crippen LogP contribution is 2.37. The van der Waals surface area contributed by atoms with Gasteiger partial charge < -0.3 is 9.30 Å². The minimum Gasteiger partial charge on any atom is -0.496 e. The second kappa shape index (κ2) is 9.30. The molecule has 0 unspecified atom stereocenters. The van der Waals surface area contributed by atoms with Crippen LogP contribution in [0.5, 0.6) is 5.75 Å². The van der Waals surface area contributed by atoms with Gasteiger partial charge in [0.15, 0.2) is 0 Å². The van der Waals surface area contributed by atoms with Crippen molar-refractivity contribution in [3.63, 3.8) is 0 Å². The van der Waals surface area contributed by atoms with Gasteiger partial charge in [-0.3, -0.25) is 4.79 Å². The number of halogens is 1. The molecule has 5 nitrogen and oxygen atoms in total. The minimum absolute atomic E-state index is 0.153. The van der Waals surface area contributed by atoms with Crippen LogP contribution >= 0.6 is 0 Å². The molecule has 0 bridgehead atoms. The van der Waals surface area contributed by atoms with Gasteiger partial charge in [0.1, 0.15) is 29.0 Å². The van der Waals surface area contributed by atoms with E-state index in [1.807, 2.05) is 0 Å². The van der Waals surface area contributed by atoms with E-state index in [-0.39, 0.29) is 11.6 Å². The first-order valence-corrected chi connectivity index (χ1v) is 10.2. The molecule has 1 aromatic carbocycles. The first kappa shape index (κ1) is 20.5. The Kier molecular flexibility index (Phi) is 6.81. The van der Waals surface area contributed by atoms with E-state index in [0.717, 1.165) is 30.1 Å². The summed E-state index contributed by atoms with van der Waals surface area (Å²) in [6.45, 7) is 4.43. The highest BCUT2D eigenvalue weighted by Gasteiger charge is 2.29. The van der Waals surface area contributed by atoms with Crippen molar-refractivity contribution >= 4 is 5.78 Å². The topological polar surface area (TPSA) is 57.0 Å². The Hall–Kier alpha value is -2.24. The number of carbonyl (C=O) groups excluding carboxylic acids is 1. The predicted molar refractivity (Wildman–Crippen MR) is 106 cm³/mol. The predicted octanol–water partition coefficient (Wildman–Crippen LogP) is 4.48. The molecule has 0 saturated heterocycles. The molecule has 2 aromatic rings. The van der Waals surface area contributed by atoms with Gasteiger partial charge in [-0.1, -0.05) is 13.8 Å². The first-order valence-electron chi connectivity index (χ1n) is 10.2. The fourth-order valence-electron chi connectivity index (χ4n) is 3.47. The summed E-state index contributed by atoms with van der Waals surface area (Å²) in [5.41, 5.74) is 0.730. The van der Waals surface area contributed by atoms with Crippen LogP contribution in [-0.4, -0.2) is 27.7 Å². The molecule has 1 heterocycles. The number of carbonyl (C=O) groups is 1. The van der Waals surface area contributed by atoms with Crippen molar-refractivity contribution in [2.75, 3.05) is 7.11 Å². The molecular formula is C22H30FN3O2. The third-order valence-corrected chi connectivity index (χ3v) is 5.24. The Morgan fingerprint density at radius 2 is 1.86 bits per heavy atom. The maximum absolute atomic E-state index is 13.5. The van der Waals surface area contributed by atoms with E-state index in [9.17, 15) is 9.18 Å². The molecule has 1 aromatic heterocycles. The van der Waals surface area contributed by atoms with Gasteiger partial charge in [-0.2, -0.15) is 0 Å². The highest BCUT2D eigenvalue weighted by atomic mass is 19.1. The number of methoxy groups -OCH3 is 1. The molecule has 1 saturated carbocycles. The summed E-state index contributed by atoms with van der Waals surface area (Å²) < 4.78 is 21.0.